The van der Waals surface area contributed by atoms with E-state index >= 15 is 0 Å². The first kappa shape index (κ1) is 28.6. The van der Waals surface area contributed by atoms with E-state index in [0.717, 1.165) is 22.0 Å². The third-order valence-corrected chi connectivity index (χ3v) is 9.36. The van der Waals surface area contributed by atoms with Crippen LogP contribution in [0.5, 0.6) is 0 Å². The van der Waals surface area contributed by atoms with E-state index in [0.29, 0.717) is 45.3 Å². The molecule has 1 atom stereocenters. The van der Waals surface area contributed by atoms with E-state index in [-0.39, 0.29) is 10.9 Å². The number of carbonyl (C=O) groups is 2. The number of ketones is 1. The summed E-state index contributed by atoms with van der Waals surface area (Å²) in [6.07, 6.45) is 3.66. The number of fused-ring (bicyclic) bond motifs is 1. The number of nitrogens with one attached hydrogen (secondary N) is 2. The second-order valence-electron chi connectivity index (χ2n) is 10.3. The number of piperidine rings is 1. The molecule has 1 aliphatic heterocycles. The van der Waals surface area contributed by atoms with Gasteiger partial charge in [-0.2, -0.15) is 4.31 Å². The fourth-order valence-electron chi connectivity index (χ4n) is 5.20. The van der Waals surface area contributed by atoms with Crippen molar-refractivity contribution in [2.24, 2.45) is 0 Å². The average Bonchev–Trinajstić information content (AvgIpc) is 3.01. The Kier molecular flexibility index (Phi) is 9.18. The van der Waals surface area contributed by atoms with Gasteiger partial charge in [0.1, 0.15) is 0 Å². The van der Waals surface area contributed by atoms with Gasteiger partial charge in [0.15, 0.2) is 0 Å². The lowest BCUT2D eigenvalue weighted by Crippen LogP contribution is -2.53. The molecule has 0 aliphatic carbocycles. The Labute approximate surface area is 240 Å². The lowest BCUT2D eigenvalue weighted by atomic mass is 9.98. The summed E-state index contributed by atoms with van der Waals surface area (Å²) in [6, 6.07) is 27.2. The third kappa shape index (κ3) is 7.24. The van der Waals surface area contributed by atoms with Gasteiger partial charge in [0.25, 0.3) is 5.91 Å². The van der Waals surface area contributed by atoms with Crippen LogP contribution in [0.15, 0.2) is 102 Å². The third-order valence-electron chi connectivity index (χ3n) is 7.47. The van der Waals surface area contributed by atoms with Crippen LogP contribution < -0.4 is 10.6 Å². The zero-order valence-electron chi connectivity index (χ0n) is 22.8. The van der Waals surface area contributed by atoms with Crippen LogP contribution in [0, 0.1) is 0 Å². The molecular weight excluding hydrogens is 536 g/mol. The molecular formula is C32H34N4O4S. The van der Waals surface area contributed by atoms with Crippen LogP contribution in [0.4, 0.5) is 0 Å². The van der Waals surface area contributed by atoms with Crippen LogP contribution in [0.3, 0.4) is 0 Å². The summed E-state index contributed by atoms with van der Waals surface area (Å²) in [4.78, 5) is 30.6. The smallest absolute Gasteiger partial charge is 0.289 e. The predicted molar refractivity (Wildman–Crippen MR) is 159 cm³/mol. The molecule has 0 spiro atoms. The van der Waals surface area contributed by atoms with Gasteiger partial charge in [-0.15, -0.1) is 0 Å². The number of sulfonamides is 1. The summed E-state index contributed by atoms with van der Waals surface area (Å²) >= 11 is 0. The fraction of sp³-hybridized carbons (Fsp3) is 0.281. The summed E-state index contributed by atoms with van der Waals surface area (Å²) in [7, 11) is -3.65. The normalized spacial score (nSPS) is 15.4. The number of hydrogen-bond acceptors (Lipinski definition) is 6. The molecule has 212 valence electrons. The van der Waals surface area contributed by atoms with E-state index in [4.69, 9.17) is 0 Å². The van der Waals surface area contributed by atoms with E-state index in [1.165, 1.54) is 4.31 Å². The van der Waals surface area contributed by atoms with E-state index in [2.05, 4.69) is 15.6 Å². The van der Waals surface area contributed by atoms with Crippen molar-refractivity contribution >= 4 is 32.5 Å². The van der Waals surface area contributed by atoms with Gasteiger partial charge in [-0.1, -0.05) is 66.7 Å². The molecule has 3 aromatic carbocycles. The van der Waals surface area contributed by atoms with Crippen LogP contribution in [0.25, 0.3) is 10.8 Å². The van der Waals surface area contributed by atoms with Gasteiger partial charge in [-0.3, -0.25) is 14.6 Å². The first-order valence-corrected chi connectivity index (χ1v) is 15.3. The maximum atomic E-state index is 13.4. The van der Waals surface area contributed by atoms with Gasteiger partial charge in [0, 0.05) is 44.0 Å². The van der Waals surface area contributed by atoms with Crippen molar-refractivity contribution in [3.05, 3.63) is 108 Å². The molecule has 5 rings (SSSR count). The van der Waals surface area contributed by atoms with Gasteiger partial charge in [-0.25, -0.2) is 8.42 Å². The number of nitrogens with zero attached hydrogens (tertiary/aromatic N) is 2. The summed E-state index contributed by atoms with van der Waals surface area (Å²) in [5.41, 5.74) is 1.78. The monoisotopic (exact) mass is 570 g/mol. The first-order chi connectivity index (χ1) is 19.9. The molecule has 1 saturated heterocycles. The summed E-state index contributed by atoms with van der Waals surface area (Å²) in [5.74, 6) is -1.16. The van der Waals surface area contributed by atoms with Crippen molar-refractivity contribution in [1.29, 1.82) is 0 Å². The van der Waals surface area contributed by atoms with Crippen molar-refractivity contribution in [2.75, 3.05) is 19.6 Å². The molecule has 1 unspecified atom stereocenters. The highest BCUT2D eigenvalue weighted by molar-refractivity contribution is 7.89. The zero-order chi connectivity index (χ0) is 28.7. The quantitative estimate of drug-likeness (QED) is 0.267. The number of pyridine rings is 1. The molecule has 9 heteroatoms. The van der Waals surface area contributed by atoms with Gasteiger partial charge >= 0.3 is 0 Å². The van der Waals surface area contributed by atoms with Gasteiger partial charge in [-0.05, 0) is 59.9 Å². The maximum absolute atomic E-state index is 13.4. The summed E-state index contributed by atoms with van der Waals surface area (Å²) in [5, 5.41) is 7.99. The Morgan fingerprint density at radius 3 is 2.32 bits per heavy atom. The number of Topliss-reactive ketones (excluding diaryl/α,β-unsaturated/α-hetero) is 1. The van der Waals surface area contributed by atoms with Gasteiger partial charge < -0.3 is 10.6 Å². The highest BCUT2D eigenvalue weighted by Crippen LogP contribution is 2.25. The Bertz CT molecular complexity index is 1590. The Balaban J connectivity index is 1.21. The fourth-order valence-corrected chi connectivity index (χ4v) is 6.70. The van der Waals surface area contributed by atoms with Gasteiger partial charge in [0.2, 0.25) is 15.8 Å². The number of aromatic nitrogens is 1. The Morgan fingerprint density at radius 1 is 0.878 bits per heavy atom. The molecule has 0 radical (unpaired) electrons. The number of rotatable bonds is 11. The van der Waals surface area contributed by atoms with E-state index in [9.17, 15) is 18.0 Å². The molecule has 41 heavy (non-hydrogen) atoms. The number of carbonyl (C=O) groups excluding carboxylic acids is 2. The van der Waals surface area contributed by atoms with Crippen LogP contribution in [0.1, 0.15) is 24.1 Å². The first-order valence-electron chi connectivity index (χ1n) is 13.9. The molecule has 1 fully saturated rings. The van der Waals surface area contributed by atoms with Crippen molar-refractivity contribution < 1.29 is 18.0 Å². The van der Waals surface area contributed by atoms with Crippen molar-refractivity contribution in [1.82, 2.24) is 19.9 Å². The van der Waals surface area contributed by atoms with Crippen LogP contribution in [-0.4, -0.2) is 61.1 Å². The minimum Gasteiger partial charge on any atom is -0.349 e. The summed E-state index contributed by atoms with van der Waals surface area (Å²) < 4.78 is 28.3. The second kappa shape index (κ2) is 13.2. The van der Waals surface area contributed by atoms with Gasteiger partial charge in [0.05, 0.1) is 10.9 Å². The second-order valence-corrected chi connectivity index (χ2v) is 12.2. The molecule has 1 aromatic heterocycles. The largest absolute Gasteiger partial charge is 0.349 e. The van der Waals surface area contributed by atoms with Crippen molar-refractivity contribution in [2.45, 2.75) is 42.7 Å². The number of benzene rings is 3. The minimum atomic E-state index is -3.65. The summed E-state index contributed by atoms with van der Waals surface area (Å²) in [6.45, 7) is 0.968. The standard InChI is InChI=1S/C32H34N4O4S/c37-31(32(38)34-19-15-27-12-6-7-18-33-27)30(22-24-8-2-1-3-9-24)35-28-16-20-36(21-17-28)41(39,40)29-14-13-25-10-4-5-11-26(25)23-29/h1-14,18,23,28,30,35H,15-17,19-22H2,(H,34,38). The van der Waals surface area contributed by atoms with E-state index in [1.54, 1.807) is 18.3 Å². The van der Waals surface area contributed by atoms with E-state index in [1.807, 2.05) is 78.9 Å². The maximum Gasteiger partial charge on any atom is 0.289 e. The average molecular weight is 571 g/mol. The van der Waals surface area contributed by atoms with Crippen LogP contribution in [-0.2, 0) is 32.5 Å². The Morgan fingerprint density at radius 2 is 1.59 bits per heavy atom. The van der Waals surface area contributed by atoms with Crippen molar-refractivity contribution in [3.63, 3.8) is 0 Å². The highest BCUT2D eigenvalue weighted by atomic mass is 32.2. The lowest BCUT2D eigenvalue weighted by Gasteiger charge is -2.33. The highest BCUT2D eigenvalue weighted by Gasteiger charge is 2.33. The minimum absolute atomic E-state index is 0.1000. The van der Waals surface area contributed by atoms with Crippen LogP contribution in [0.2, 0.25) is 0 Å². The van der Waals surface area contributed by atoms with Crippen molar-refractivity contribution in [3.8, 4) is 0 Å². The molecule has 0 bridgehead atoms. The number of hydrogen-bond donors (Lipinski definition) is 2. The lowest BCUT2D eigenvalue weighted by molar-refractivity contribution is -0.139. The van der Waals surface area contributed by atoms with E-state index < -0.39 is 27.8 Å². The molecule has 2 heterocycles. The molecule has 8 nitrogen and oxygen atoms in total. The molecule has 2 N–H and O–H groups in total. The molecule has 4 aromatic rings. The molecule has 0 saturated carbocycles. The molecule has 1 amide bonds. The number of amides is 1. The Hall–Kier alpha value is -3.92. The zero-order valence-corrected chi connectivity index (χ0v) is 23.6. The SMILES string of the molecule is O=C(NCCc1ccccn1)C(=O)C(Cc1ccccc1)NC1CCN(S(=O)(=O)c2ccc3ccccc3c2)CC1. The molecule has 1 aliphatic rings. The predicted octanol–water partition coefficient (Wildman–Crippen LogP) is 3.52. The topological polar surface area (TPSA) is 108 Å². The van der Waals surface area contributed by atoms with Crippen LogP contribution >= 0.6 is 0 Å².